The Bertz CT molecular complexity index is 411. The molecule has 0 amide bonds. The van der Waals surface area contributed by atoms with Gasteiger partial charge in [-0.2, -0.15) is 0 Å². The molecular formula is C16H20O2. The lowest BCUT2D eigenvalue weighted by Gasteiger charge is -2.08. The molecule has 0 unspecified atom stereocenters. The predicted molar refractivity (Wildman–Crippen MR) is 71.0 cm³/mol. The summed E-state index contributed by atoms with van der Waals surface area (Å²) in [5, 5.41) is 0. The molecule has 2 saturated carbocycles. The van der Waals surface area contributed by atoms with Gasteiger partial charge in [-0.05, 0) is 43.0 Å². The summed E-state index contributed by atoms with van der Waals surface area (Å²) in [6.45, 7) is 0. The van der Waals surface area contributed by atoms with E-state index < -0.39 is 0 Å². The molecule has 0 saturated heterocycles. The van der Waals surface area contributed by atoms with E-state index in [2.05, 4.69) is 0 Å². The van der Waals surface area contributed by atoms with Gasteiger partial charge in [0.15, 0.2) is 5.78 Å². The van der Waals surface area contributed by atoms with Crippen LogP contribution in [0.15, 0.2) is 24.3 Å². The molecule has 0 aromatic heterocycles. The van der Waals surface area contributed by atoms with Gasteiger partial charge >= 0.3 is 0 Å². The van der Waals surface area contributed by atoms with Gasteiger partial charge < -0.3 is 4.74 Å². The lowest BCUT2D eigenvalue weighted by molar-refractivity contribution is 0.0962. The van der Waals surface area contributed by atoms with Crippen molar-refractivity contribution < 1.29 is 9.53 Å². The predicted octanol–water partition coefficient (Wildman–Crippen LogP) is 3.99. The average Bonchev–Trinajstić information content (AvgIpc) is 3.04. The molecule has 18 heavy (non-hydrogen) atoms. The third-order valence-corrected chi connectivity index (χ3v) is 3.95. The molecule has 0 atom stereocenters. The number of rotatable bonds is 5. The van der Waals surface area contributed by atoms with Crippen molar-refractivity contribution >= 4 is 5.78 Å². The zero-order chi connectivity index (χ0) is 12.4. The Balaban J connectivity index is 1.58. The van der Waals surface area contributed by atoms with Gasteiger partial charge in [0, 0.05) is 12.0 Å². The summed E-state index contributed by atoms with van der Waals surface area (Å²) in [5.74, 6) is 1.81. The van der Waals surface area contributed by atoms with Crippen LogP contribution in [0.25, 0.3) is 0 Å². The molecule has 0 N–H and O–H groups in total. The Labute approximate surface area is 108 Å². The monoisotopic (exact) mass is 244 g/mol. The third kappa shape index (κ3) is 2.92. The van der Waals surface area contributed by atoms with Gasteiger partial charge in [0.2, 0.25) is 0 Å². The molecule has 3 rings (SSSR count). The molecule has 1 aromatic rings. The Morgan fingerprint density at radius 2 is 1.72 bits per heavy atom. The molecule has 2 nitrogen and oxygen atoms in total. The van der Waals surface area contributed by atoms with Crippen molar-refractivity contribution in [3.05, 3.63) is 29.8 Å². The first-order valence-corrected chi connectivity index (χ1v) is 7.11. The highest BCUT2D eigenvalue weighted by molar-refractivity contribution is 5.96. The minimum atomic E-state index is 0.292. The molecule has 2 fully saturated rings. The molecule has 2 heteroatoms. The smallest absolute Gasteiger partial charge is 0.163 e. The van der Waals surface area contributed by atoms with Gasteiger partial charge in [0.1, 0.15) is 5.75 Å². The van der Waals surface area contributed by atoms with E-state index >= 15 is 0 Å². The van der Waals surface area contributed by atoms with E-state index in [1.54, 1.807) is 0 Å². The molecule has 0 radical (unpaired) electrons. The first-order chi connectivity index (χ1) is 8.81. The van der Waals surface area contributed by atoms with Crippen molar-refractivity contribution in [3.63, 3.8) is 0 Å². The Morgan fingerprint density at radius 3 is 2.33 bits per heavy atom. The summed E-state index contributed by atoms with van der Waals surface area (Å²) >= 11 is 0. The fourth-order valence-electron chi connectivity index (χ4n) is 2.69. The van der Waals surface area contributed by atoms with Crippen molar-refractivity contribution in [3.8, 4) is 5.75 Å². The van der Waals surface area contributed by atoms with Crippen LogP contribution in [0.2, 0.25) is 0 Å². The van der Waals surface area contributed by atoms with E-state index in [0.717, 1.165) is 17.7 Å². The summed E-state index contributed by atoms with van der Waals surface area (Å²) in [4.78, 5) is 12.1. The van der Waals surface area contributed by atoms with Crippen molar-refractivity contribution in [1.29, 1.82) is 0 Å². The van der Waals surface area contributed by atoms with Crippen molar-refractivity contribution in [2.75, 3.05) is 0 Å². The zero-order valence-electron chi connectivity index (χ0n) is 10.7. The van der Waals surface area contributed by atoms with E-state index in [1.165, 1.54) is 38.5 Å². The first kappa shape index (κ1) is 11.8. The second kappa shape index (κ2) is 5.13. The molecule has 0 heterocycles. The zero-order valence-corrected chi connectivity index (χ0v) is 10.7. The number of carbonyl (C=O) groups excluding carboxylic acids is 1. The van der Waals surface area contributed by atoms with Gasteiger partial charge in [-0.1, -0.05) is 25.7 Å². The average molecular weight is 244 g/mol. The van der Waals surface area contributed by atoms with Crippen LogP contribution >= 0.6 is 0 Å². The maximum absolute atomic E-state index is 12.1. The van der Waals surface area contributed by atoms with Gasteiger partial charge in [0.25, 0.3) is 0 Å². The Kier molecular flexibility index (Phi) is 3.35. The Morgan fingerprint density at radius 1 is 1.06 bits per heavy atom. The molecule has 96 valence electrons. The number of Topliss-reactive ketones (excluding diaryl/α,β-unsaturated/α-hetero) is 1. The summed E-state index contributed by atoms with van der Waals surface area (Å²) in [7, 11) is 0. The van der Waals surface area contributed by atoms with E-state index in [0.29, 0.717) is 17.8 Å². The number of carbonyl (C=O) groups is 1. The topological polar surface area (TPSA) is 26.3 Å². The number of ketones is 1. The highest BCUT2D eigenvalue weighted by atomic mass is 16.5. The van der Waals surface area contributed by atoms with Crippen LogP contribution < -0.4 is 4.74 Å². The minimum absolute atomic E-state index is 0.292. The number of hydrogen-bond acceptors (Lipinski definition) is 2. The van der Waals surface area contributed by atoms with Crippen LogP contribution in [-0.4, -0.2) is 11.9 Å². The fourth-order valence-corrected chi connectivity index (χ4v) is 2.69. The number of hydrogen-bond donors (Lipinski definition) is 0. The van der Waals surface area contributed by atoms with Crippen molar-refractivity contribution in [2.45, 2.75) is 51.0 Å². The van der Waals surface area contributed by atoms with Crippen LogP contribution in [0.3, 0.4) is 0 Å². The van der Waals surface area contributed by atoms with Crippen LogP contribution in [0.1, 0.15) is 55.3 Å². The van der Waals surface area contributed by atoms with Gasteiger partial charge in [0.05, 0.1) is 6.10 Å². The van der Waals surface area contributed by atoms with Crippen LogP contribution in [0.5, 0.6) is 5.75 Å². The quantitative estimate of drug-likeness (QED) is 0.732. The number of benzene rings is 1. The molecular weight excluding hydrogens is 224 g/mol. The van der Waals surface area contributed by atoms with Crippen LogP contribution in [0.4, 0.5) is 0 Å². The summed E-state index contributed by atoms with van der Waals surface area (Å²) < 4.78 is 5.68. The van der Waals surface area contributed by atoms with E-state index in [-0.39, 0.29) is 0 Å². The standard InChI is InChI=1S/C16H20O2/c17-16(11-12-3-1-2-4-12)13-5-7-14(8-6-13)18-15-9-10-15/h5-8,12,15H,1-4,9-11H2. The maximum atomic E-state index is 12.1. The molecule has 2 aliphatic rings. The van der Waals surface area contributed by atoms with Crippen molar-refractivity contribution in [1.82, 2.24) is 0 Å². The summed E-state index contributed by atoms with van der Waals surface area (Å²) in [5.41, 5.74) is 0.838. The van der Waals surface area contributed by atoms with Gasteiger partial charge in [-0.15, -0.1) is 0 Å². The van der Waals surface area contributed by atoms with Gasteiger partial charge in [-0.3, -0.25) is 4.79 Å². The van der Waals surface area contributed by atoms with Gasteiger partial charge in [-0.25, -0.2) is 0 Å². The highest BCUT2D eigenvalue weighted by Gasteiger charge is 2.23. The lowest BCUT2D eigenvalue weighted by atomic mass is 9.97. The molecule has 0 spiro atoms. The third-order valence-electron chi connectivity index (χ3n) is 3.95. The van der Waals surface area contributed by atoms with E-state index in [4.69, 9.17) is 4.74 Å². The normalized spacial score (nSPS) is 20.0. The summed E-state index contributed by atoms with van der Waals surface area (Å²) in [6, 6.07) is 7.68. The van der Waals surface area contributed by atoms with Crippen molar-refractivity contribution in [2.24, 2.45) is 5.92 Å². The second-order valence-corrected chi connectivity index (χ2v) is 5.62. The minimum Gasteiger partial charge on any atom is -0.490 e. The first-order valence-electron chi connectivity index (χ1n) is 7.11. The van der Waals surface area contributed by atoms with Crippen LogP contribution in [-0.2, 0) is 0 Å². The SMILES string of the molecule is O=C(CC1CCCC1)c1ccc(OC2CC2)cc1. The highest BCUT2D eigenvalue weighted by Crippen LogP contribution is 2.30. The Hall–Kier alpha value is -1.31. The fraction of sp³-hybridized carbons (Fsp3) is 0.562. The molecule has 0 aliphatic heterocycles. The molecule has 0 bridgehead atoms. The molecule has 1 aromatic carbocycles. The number of ether oxygens (including phenoxy) is 1. The summed E-state index contributed by atoms with van der Waals surface area (Å²) in [6.07, 6.45) is 8.54. The van der Waals surface area contributed by atoms with E-state index in [9.17, 15) is 4.79 Å². The second-order valence-electron chi connectivity index (χ2n) is 5.62. The lowest BCUT2D eigenvalue weighted by Crippen LogP contribution is -2.06. The maximum Gasteiger partial charge on any atom is 0.163 e. The largest absolute Gasteiger partial charge is 0.490 e. The van der Waals surface area contributed by atoms with E-state index in [1.807, 2.05) is 24.3 Å². The van der Waals surface area contributed by atoms with Crippen LogP contribution in [0, 0.1) is 5.92 Å². The molecule has 2 aliphatic carbocycles.